The van der Waals surface area contributed by atoms with E-state index in [2.05, 4.69) is 15.4 Å². The molecule has 1 amide bonds. The molecule has 6 heteroatoms. The molecular weight excluding hydrogens is 320 g/mol. The Morgan fingerprint density at radius 1 is 1.38 bits per heavy atom. The molecule has 2 heterocycles. The number of amides is 1. The van der Waals surface area contributed by atoms with Crippen LogP contribution in [-0.2, 0) is 13.5 Å². The van der Waals surface area contributed by atoms with Crippen LogP contribution < -0.4 is 5.32 Å². The minimum absolute atomic E-state index is 0.0240. The number of carbonyl (C=O) groups excluding carboxylic acids is 1. The quantitative estimate of drug-likeness (QED) is 0.777. The number of rotatable bonds is 2. The molecule has 0 aliphatic heterocycles. The Kier molecular flexibility index (Phi) is 3.64. The summed E-state index contributed by atoms with van der Waals surface area (Å²) in [6, 6.07) is 5.77. The maximum Gasteiger partial charge on any atom is 0.251 e. The third-order valence-corrected chi connectivity index (χ3v) is 5.64. The lowest BCUT2D eigenvalue weighted by atomic mass is 9.91. The predicted octanol–water partition coefficient (Wildman–Crippen LogP) is 3.45. The first-order chi connectivity index (χ1) is 11.5. The molecule has 5 nitrogen and oxygen atoms in total. The predicted molar refractivity (Wildman–Crippen MR) is 95.4 cm³/mol. The van der Waals surface area contributed by atoms with Gasteiger partial charge in [0.2, 0.25) is 0 Å². The van der Waals surface area contributed by atoms with Gasteiger partial charge in [0.25, 0.3) is 5.91 Å². The number of aromatic nitrogens is 3. The van der Waals surface area contributed by atoms with Gasteiger partial charge in [0.05, 0.1) is 27.0 Å². The zero-order chi connectivity index (χ0) is 16.8. The van der Waals surface area contributed by atoms with Crippen molar-refractivity contribution in [2.75, 3.05) is 0 Å². The number of thiazole rings is 1. The highest BCUT2D eigenvalue weighted by atomic mass is 32.1. The van der Waals surface area contributed by atoms with Crippen molar-refractivity contribution in [2.45, 2.75) is 39.2 Å². The van der Waals surface area contributed by atoms with Crippen LogP contribution >= 0.6 is 11.3 Å². The highest BCUT2D eigenvalue weighted by molar-refractivity contribution is 7.18. The van der Waals surface area contributed by atoms with E-state index in [1.165, 1.54) is 11.3 Å². The molecule has 0 radical (unpaired) electrons. The molecule has 0 saturated carbocycles. The van der Waals surface area contributed by atoms with Gasteiger partial charge < -0.3 is 5.32 Å². The zero-order valence-electron chi connectivity index (χ0n) is 14.1. The van der Waals surface area contributed by atoms with Crippen LogP contribution in [0.1, 0.15) is 51.2 Å². The molecule has 124 valence electrons. The fourth-order valence-electron chi connectivity index (χ4n) is 3.66. The first kappa shape index (κ1) is 15.3. The van der Waals surface area contributed by atoms with Gasteiger partial charge in [0, 0.05) is 23.9 Å². The Morgan fingerprint density at radius 3 is 3.04 bits per heavy atom. The van der Waals surface area contributed by atoms with Crippen molar-refractivity contribution >= 4 is 27.5 Å². The summed E-state index contributed by atoms with van der Waals surface area (Å²) in [5, 5.41) is 8.75. The smallest absolute Gasteiger partial charge is 0.251 e. The Balaban J connectivity index is 1.62. The molecule has 3 aromatic rings. The van der Waals surface area contributed by atoms with Crippen LogP contribution in [0.3, 0.4) is 0 Å². The van der Waals surface area contributed by atoms with Gasteiger partial charge in [-0.25, -0.2) is 4.98 Å². The second kappa shape index (κ2) is 5.70. The molecular formula is C18H20N4OS. The SMILES string of the molecule is Cc1nc2ccc(C(=O)NC3CCCc4c3c(C)nn4C)cc2s1. The number of benzene rings is 1. The molecule has 1 aliphatic carbocycles. The summed E-state index contributed by atoms with van der Waals surface area (Å²) < 4.78 is 3.01. The molecule has 1 aliphatic rings. The largest absolute Gasteiger partial charge is 0.345 e. The molecule has 1 atom stereocenters. The maximum absolute atomic E-state index is 12.7. The molecule has 1 aromatic carbocycles. The number of hydrogen-bond donors (Lipinski definition) is 1. The van der Waals surface area contributed by atoms with Crippen LogP contribution in [0.15, 0.2) is 18.2 Å². The summed E-state index contributed by atoms with van der Waals surface area (Å²) in [5.41, 5.74) is 5.12. The Labute approximate surface area is 144 Å². The Bertz CT molecular complexity index is 940. The Morgan fingerprint density at radius 2 is 2.21 bits per heavy atom. The van der Waals surface area contributed by atoms with Crippen molar-refractivity contribution in [3.8, 4) is 0 Å². The van der Waals surface area contributed by atoms with E-state index in [1.807, 2.05) is 43.8 Å². The fraction of sp³-hybridized carbons (Fsp3) is 0.389. The highest BCUT2D eigenvalue weighted by Crippen LogP contribution is 2.32. The molecule has 1 unspecified atom stereocenters. The van der Waals surface area contributed by atoms with Crippen molar-refractivity contribution in [2.24, 2.45) is 7.05 Å². The van der Waals surface area contributed by atoms with Crippen LogP contribution in [0, 0.1) is 13.8 Å². The van der Waals surface area contributed by atoms with E-state index in [4.69, 9.17) is 0 Å². The lowest BCUT2D eigenvalue weighted by Crippen LogP contribution is -2.31. The standard InChI is InChI=1S/C18H20N4OS/c1-10-17-14(5-4-6-15(17)22(3)21-10)20-18(23)12-7-8-13-16(9-12)24-11(2)19-13/h7-9,14H,4-6H2,1-3H3,(H,20,23). The van der Waals surface area contributed by atoms with Crippen LogP contribution in [-0.4, -0.2) is 20.7 Å². The number of carbonyl (C=O) groups is 1. The molecule has 0 saturated heterocycles. The van der Waals surface area contributed by atoms with Crippen molar-refractivity contribution < 1.29 is 4.79 Å². The monoisotopic (exact) mass is 340 g/mol. The maximum atomic E-state index is 12.7. The zero-order valence-corrected chi connectivity index (χ0v) is 14.9. The summed E-state index contributed by atoms with van der Waals surface area (Å²) >= 11 is 1.62. The molecule has 4 rings (SSSR count). The van der Waals surface area contributed by atoms with Gasteiger partial charge in [-0.05, 0) is 51.3 Å². The highest BCUT2D eigenvalue weighted by Gasteiger charge is 2.27. The van der Waals surface area contributed by atoms with E-state index in [0.717, 1.165) is 40.2 Å². The van der Waals surface area contributed by atoms with Crippen LogP contribution in [0.2, 0.25) is 0 Å². The van der Waals surface area contributed by atoms with Gasteiger partial charge in [-0.3, -0.25) is 9.48 Å². The lowest BCUT2D eigenvalue weighted by molar-refractivity contribution is 0.0932. The van der Waals surface area contributed by atoms with Crippen LogP contribution in [0.25, 0.3) is 10.2 Å². The lowest BCUT2D eigenvalue weighted by Gasteiger charge is -2.24. The summed E-state index contributed by atoms with van der Waals surface area (Å²) in [4.78, 5) is 17.2. The Hall–Kier alpha value is -2.21. The molecule has 1 N–H and O–H groups in total. The van der Waals surface area contributed by atoms with Gasteiger partial charge in [0.15, 0.2) is 0 Å². The van der Waals surface area contributed by atoms with Crippen molar-refractivity contribution in [3.05, 3.63) is 45.7 Å². The molecule has 2 aromatic heterocycles. The van der Waals surface area contributed by atoms with Crippen LogP contribution in [0.5, 0.6) is 0 Å². The number of fused-ring (bicyclic) bond motifs is 2. The van der Waals surface area contributed by atoms with Gasteiger partial charge in [-0.15, -0.1) is 11.3 Å². The van der Waals surface area contributed by atoms with Gasteiger partial charge in [-0.2, -0.15) is 5.10 Å². The average Bonchev–Trinajstić information content (AvgIpc) is 3.06. The van der Waals surface area contributed by atoms with Gasteiger partial charge in [-0.1, -0.05) is 0 Å². The summed E-state index contributed by atoms with van der Waals surface area (Å²) in [6.07, 6.45) is 3.07. The van der Waals surface area contributed by atoms with Crippen molar-refractivity contribution in [1.29, 1.82) is 0 Å². The van der Waals surface area contributed by atoms with E-state index in [-0.39, 0.29) is 11.9 Å². The van der Waals surface area contributed by atoms with Crippen molar-refractivity contribution in [1.82, 2.24) is 20.1 Å². The minimum atomic E-state index is -0.0240. The molecule has 24 heavy (non-hydrogen) atoms. The van der Waals surface area contributed by atoms with Crippen molar-refractivity contribution in [3.63, 3.8) is 0 Å². The second-order valence-corrected chi connectivity index (χ2v) is 7.64. The fourth-order valence-corrected chi connectivity index (χ4v) is 4.52. The van der Waals surface area contributed by atoms with E-state index < -0.39 is 0 Å². The third kappa shape index (κ3) is 2.51. The number of aryl methyl sites for hydroxylation is 3. The number of hydrogen-bond acceptors (Lipinski definition) is 4. The molecule has 0 bridgehead atoms. The topological polar surface area (TPSA) is 59.8 Å². The van der Waals surface area contributed by atoms with E-state index in [0.29, 0.717) is 5.56 Å². The average molecular weight is 340 g/mol. The number of nitrogens with one attached hydrogen (secondary N) is 1. The molecule has 0 fully saturated rings. The van der Waals surface area contributed by atoms with E-state index in [9.17, 15) is 4.79 Å². The minimum Gasteiger partial charge on any atom is -0.345 e. The van der Waals surface area contributed by atoms with E-state index >= 15 is 0 Å². The second-order valence-electron chi connectivity index (χ2n) is 6.40. The number of nitrogens with zero attached hydrogens (tertiary/aromatic N) is 3. The van der Waals surface area contributed by atoms with Gasteiger partial charge in [0.1, 0.15) is 0 Å². The first-order valence-electron chi connectivity index (χ1n) is 8.23. The summed E-state index contributed by atoms with van der Waals surface area (Å²) in [5.74, 6) is -0.0240. The summed E-state index contributed by atoms with van der Waals surface area (Å²) in [7, 11) is 1.98. The third-order valence-electron chi connectivity index (χ3n) is 4.71. The summed E-state index contributed by atoms with van der Waals surface area (Å²) in [6.45, 7) is 4.01. The normalized spacial score (nSPS) is 17.0. The van der Waals surface area contributed by atoms with Gasteiger partial charge >= 0.3 is 0 Å². The van der Waals surface area contributed by atoms with E-state index in [1.54, 1.807) is 11.3 Å². The first-order valence-corrected chi connectivity index (χ1v) is 9.05. The van der Waals surface area contributed by atoms with Crippen LogP contribution in [0.4, 0.5) is 0 Å². The molecule has 0 spiro atoms.